The molecule has 0 aliphatic rings. The van der Waals surface area contributed by atoms with Crippen LogP contribution < -0.4 is 5.32 Å². The molecule has 1 aromatic carbocycles. The molecular weight excluding hydrogens is 276 g/mol. The molecule has 21 heavy (non-hydrogen) atoms. The summed E-state index contributed by atoms with van der Waals surface area (Å²) in [5.41, 5.74) is 2.53. The second-order valence-electron chi connectivity index (χ2n) is 5.91. The van der Waals surface area contributed by atoms with E-state index in [4.69, 9.17) is 4.98 Å². The quantitative estimate of drug-likeness (QED) is 0.808. The van der Waals surface area contributed by atoms with Crippen LogP contribution in [0.15, 0.2) is 30.3 Å². The van der Waals surface area contributed by atoms with Crippen LogP contribution in [0.5, 0.6) is 0 Å². The zero-order valence-electron chi connectivity index (χ0n) is 13.6. The summed E-state index contributed by atoms with van der Waals surface area (Å²) in [6, 6.07) is 10.7. The molecule has 1 atom stereocenters. The molecule has 1 heterocycles. The Morgan fingerprint density at radius 1 is 1.19 bits per heavy atom. The van der Waals surface area contributed by atoms with E-state index < -0.39 is 0 Å². The Morgan fingerprint density at radius 2 is 1.90 bits per heavy atom. The van der Waals surface area contributed by atoms with E-state index in [-0.39, 0.29) is 5.54 Å². The van der Waals surface area contributed by atoms with E-state index in [1.165, 1.54) is 21.1 Å². The lowest BCUT2D eigenvalue weighted by Gasteiger charge is -2.29. The van der Waals surface area contributed by atoms with Gasteiger partial charge in [-0.3, -0.25) is 0 Å². The average molecular weight is 302 g/mol. The molecule has 0 fully saturated rings. The standard InChI is InChI=1S/C18H26N2S/c1-5-13-19-18(4,17-20-14(2)15(3)21-17)12-11-16-9-7-6-8-10-16/h6-10,19H,5,11-13H2,1-4H3. The second kappa shape index (κ2) is 7.19. The molecule has 3 heteroatoms. The normalized spacial score (nSPS) is 14.1. The first-order chi connectivity index (χ1) is 10.0. The molecule has 0 saturated carbocycles. The number of nitrogens with zero attached hydrogens (tertiary/aromatic N) is 1. The molecule has 2 nitrogen and oxygen atoms in total. The van der Waals surface area contributed by atoms with Crippen LogP contribution in [0.1, 0.15) is 47.8 Å². The van der Waals surface area contributed by atoms with E-state index in [0.717, 1.165) is 25.8 Å². The number of hydrogen-bond donors (Lipinski definition) is 1. The van der Waals surface area contributed by atoms with Crippen LogP contribution in [0.4, 0.5) is 0 Å². The van der Waals surface area contributed by atoms with Gasteiger partial charge in [-0.2, -0.15) is 0 Å². The first kappa shape index (κ1) is 16.2. The maximum atomic E-state index is 4.80. The predicted molar refractivity (Wildman–Crippen MR) is 92.0 cm³/mol. The highest BCUT2D eigenvalue weighted by Gasteiger charge is 2.29. The zero-order valence-corrected chi connectivity index (χ0v) is 14.4. The molecular formula is C18H26N2S. The predicted octanol–water partition coefficient (Wildman–Crippen LogP) is 4.61. The molecule has 0 bridgehead atoms. The van der Waals surface area contributed by atoms with Gasteiger partial charge in [-0.25, -0.2) is 4.98 Å². The molecule has 114 valence electrons. The third-order valence-corrected chi connectivity index (χ3v) is 5.36. The largest absolute Gasteiger partial charge is 0.306 e. The first-order valence-corrected chi connectivity index (χ1v) is 8.60. The van der Waals surface area contributed by atoms with Crippen molar-refractivity contribution in [2.45, 2.75) is 52.5 Å². The summed E-state index contributed by atoms with van der Waals surface area (Å²) in [6.45, 7) is 9.80. The average Bonchev–Trinajstić information content (AvgIpc) is 2.84. The van der Waals surface area contributed by atoms with Crippen LogP contribution in [0.25, 0.3) is 0 Å². The molecule has 0 radical (unpaired) electrons. The van der Waals surface area contributed by atoms with Gasteiger partial charge in [0.2, 0.25) is 0 Å². The molecule has 0 amide bonds. The number of rotatable bonds is 7. The minimum atomic E-state index is -0.0322. The summed E-state index contributed by atoms with van der Waals surface area (Å²) in [5.74, 6) is 0. The topological polar surface area (TPSA) is 24.9 Å². The lowest BCUT2D eigenvalue weighted by molar-refractivity contribution is 0.339. The molecule has 0 spiro atoms. The first-order valence-electron chi connectivity index (χ1n) is 7.78. The Hall–Kier alpha value is -1.19. The van der Waals surface area contributed by atoms with Crippen molar-refractivity contribution in [1.82, 2.24) is 10.3 Å². The van der Waals surface area contributed by atoms with Crippen LogP contribution in [0.3, 0.4) is 0 Å². The van der Waals surface area contributed by atoms with Gasteiger partial charge in [0.1, 0.15) is 5.01 Å². The minimum absolute atomic E-state index is 0.0322. The van der Waals surface area contributed by atoms with Crippen LogP contribution >= 0.6 is 11.3 Å². The molecule has 2 aromatic rings. The number of aryl methyl sites for hydroxylation is 3. The summed E-state index contributed by atoms with van der Waals surface area (Å²) >= 11 is 1.83. The zero-order chi connectivity index (χ0) is 15.3. The second-order valence-corrected chi connectivity index (χ2v) is 7.11. The van der Waals surface area contributed by atoms with E-state index in [0.29, 0.717) is 0 Å². The molecule has 0 aliphatic heterocycles. The van der Waals surface area contributed by atoms with Crippen molar-refractivity contribution < 1.29 is 0 Å². The van der Waals surface area contributed by atoms with Gasteiger partial charge >= 0.3 is 0 Å². The molecule has 1 N–H and O–H groups in total. The monoisotopic (exact) mass is 302 g/mol. The van der Waals surface area contributed by atoms with Gasteiger partial charge in [-0.05, 0) is 52.1 Å². The summed E-state index contributed by atoms with van der Waals surface area (Å²) in [5, 5.41) is 4.94. The lowest BCUT2D eigenvalue weighted by atomic mass is 9.93. The number of thiazole rings is 1. The Bertz CT molecular complexity index is 542. The summed E-state index contributed by atoms with van der Waals surface area (Å²) < 4.78 is 0. The number of nitrogens with one attached hydrogen (secondary N) is 1. The van der Waals surface area contributed by atoms with Gasteiger partial charge in [-0.15, -0.1) is 11.3 Å². The molecule has 0 aliphatic carbocycles. The number of hydrogen-bond acceptors (Lipinski definition) is 3. The maximum absolute atomic E-state index is 4.80. The van der Waals surface area contributed by atoms with Crippen molar-refractivity contribution in [2.75, 3.05) is 6.54 Å². The highest BCUT2D eigenvalue weighted by Crippen LogP contribution is 2.31. The fraction of sp³-hybridized carbons (Fsp3) is 0.500. The van der Waals surface area contributed by atoms with Crippen molar-refractivity contribution >= 4 is 11.3 Å². The number of aromatic nitrogens is 1. The van der Waals surface area contributed by atoms with E-state index in [2.05, 4.69) is 63.3 Å². The van der Waals surface area contributed by atoms with Crippen LogP contribution in [0.2, 0.25) is 0 Å². The van der Waals surface area contributed by atoms with E-state index in [1.54, 1.807) is 0 Å². The fourth-order valence-electron chi connectivity index (χ4n) is 2.42. The lowest BCUT2D eigenvalue weighted by Crippen LogP contribution is -2.40. The molecule has 1 unspecified atom stereocenters. The van der Waals surface area contributed by atoms with Gasteiger partial charge in [0.15, 0.2) is 0 Å². The van der Waals surface area contributed by atoms with Crippen LogP contribution in [-0.2, 0) is 12.0 Å². The van der Waals surface area contributed by atoms with E-state index >= 15 is 0 Å². The maximum Gasteiger partial charge on any atom is 0.113 e. The van der Waals surface area contributed by atoms with Crippen molar-refractivity contribution in [3.63, 3.8) is 0 Å². The Labute approximate surface area is 132 Å². The van der Waals surface area contributed by atoms with Crippen molar-refractivity contribution in [3.05, 3.63) is 51.5 Å². The smallest absolute Gasteiger partial charge is 0.113 e. The minimum Gasteiger partial charge on any atom is -0.306 e. The highest BCUT2D eigenvalue weighted by atomic mass is 32.1. The van der Waals surface area contributed by atoms with Crippen molar-refractivity contribution in [2.24, 2.45) is 0 Å². The van der Waals surface area contributed by atoms with Gasteiger partial charge < -0.3 is 5.32 Å². The highest BCUT2D eigenvalue weighted by molar-refractivity contribution is 7.11. The van der Waals surface area contributed by atoms with Gasteiger partial charge in [0, 0.05) is 4.88 Å². The third-order valence-electron chi connectivity index (χ3n) is 4.02. The third kappa shape index (κ3) is 4.14. The van der Waals surface area contributed by atoms with E-state index in [1.807, 2.05) is 11.3 Å². The van der Waals surface area contributed by atoms with Gasteiger partial charge in [0.05, 0.1) is 11.2 Å². The SMILES string of the molecule is CCCNC(C)(CCc1ccccc1)c1nc(C)c(C)s1. The summed E-state index contributed by atoms with van der Waals surface area (Å²) in [4.78, 5) is 6.13. The van der Waals surface area contributed by atoms with Crippen LogP contribution in [0, 0.1) is 13.8 Å². The Balaban J connectivity index is 2.16. The van der Waals surface area contributed by atoms with Crippen molar-refractivity contribution in [3.8, 4) is 0 Å². The van der Waals surface area contributed by atoms with Gasteiger partial charge in [-0.1, -0.05) is 37.3 Å². The summed E-state index contributed by atoms with van der Waals surface area (Å²) in [6.07, 6.45) is 3.29. The molecule has 1 aromatic heterocycles. The van der Waals surface area contributed by atoms with Crippen molar-refractivity contribution in [1.29, 1.82) is 0 Å². The molecule has 2 rings (SSSR count). The number of benzene rings is 1. The molecule has 0 saturated heterocycles. The van der Waals surface area contributed by atoms with Crippen LogP contribution in [-0.4, -0.2) is 11.5 Å². The Morgan fingerprint density at radius 3 is 2.48 bits per heavy atom. The summed E-state index contributed by atoms with van der Waals surface area (Å²) in [7, 11) is 0. The van der Waals surface area contributed by atoms with Gasteiger partial charge in [0.25, 0.3) is 0 Å². The van der Waals surface area contributed by atoms with E-state index in [9.17, 15) is 0 Å². The Kier molecular flexibility index (Phi) is 5.54. The fourth-order valence-corrected chi connectivity index (χ4v) is 3.49.